The maximum absolute atomic E-state index is 11.3. The number of rotatable bonds is 4. The van der Waals surface area contributed by atoms with E-state index in [1.54, 1.807) is 14.0 Å². The molecule has 0 aromatic carbocycles. The van der Waals surface area contributed by atoms with Crippen LogP contribution in [0.25, 0.3) is 11.2 Å². The van der Waals surface area contributed by atoms with Crippen molar-refractivity contribution in [2.45, 2.75) is 13.3 Å². The van der Waals surface area contributed by atoms with Gasteiger partial charge in [0.05, 0.1) is 12.1 Å². The summed E-state index contributed by atoms with van der Waals surface area (Å²) in [5, 5.41) is 2.93. The standard InChI is InChI=1S/C11H14N4O2/c1-3-17-10(16)6-9-13-7-4-5-8(12-2)14-11(7)15-9/h4-5H,3,6H2,1-2H3,(H2,12,13,14,15). The van der Waals surface area contributed by atoms with E-state index in [4.69, 9.17) is 4.74 Å². The second-order valence-corrected chi connectivity index (χ2v) is 3.48. The summed E-state index contributed by atoms with van der Waals surface area (Å²) in [5.41, 5.74) is 1.40. The van der Waals surface area contributed by atoms with Gasteiger partial charge >= 0.3 is 5.97 Å². The summed E-state index contributed by atoms with van der Waals surface area (Å²) >= 11 is 0. The van der Waals surface area contributed by atoms with Crippen LogP contribution in [0.15, 0.2) is 12.1 Å². The molecule has 0 unspecified atom stereocenters. The molecule has 0 aliphatic rings. The van der Waals surface area contributed by atoms with Gasteiger partial charge in [-0.25, -0.2) is 9.97 Å². The first-order valence-corrected chi connectivity index (χ1v) is 5.42. The molecule has 2 aromatic heterocycles. The molecule has 6 nitrogen and oxygen atoms in total. The number of esters is 1. The number of carbonyl (C=O) groups is 1. The van der Waals surface area contributed by atoms with Crippen molar-refractivity contribution in [3.05, 3.63) is 18.0 Å². The number of nitrogens with zero attached hydrogens (tertiary/aromatic N) is 2. The fraction of sp³-hybridized carbons (Fsp3) is 0.364. The van der Waals surface area contributed by atoms with Gasteiger partial charge in [-0.3, -0.25) is 4.79 Å². The Morgan fingerprint density at radius 2 is 2.29 bits per heavy atom. The summed E-state index contributed by atoms with van der Waals surface area (Å²) in [6.45, 7) is 2.15. The van der Waals surface area contributed by atoms with Gasteiger partial charge in [0.15, 0.2) is 5.65 Å². The Bertz CT molecular complexity index is 535. The topological polar surface area (TPSA) is 79.9 Å². The monoisotopic (exact) mass is 234 g/mol. The first kappa shape index (κ1) is 11.4. The van der Waals surface area contributed by atoms with E-state index >= 15 is 0 Å². The number of hydrogen-bond donors (Lipinski definition) is 2. The Labute approximate surface area is 98.4 Å². The van der Waals surface area contributed by atoms with Crippen molar-refractivity contribution in [3.63, 3.8) is 0 Å². The van der Waals surface area contributed by atoms with Crippen molar-refractivity contribution in [2.75, 3.05) is 19.0 Å². The summed E-state index contributed by atoms with van der Waals surface area (Å²) in [6, 6.07) is 3.71. The van der Waals surface area contributed by atoms with E-state index in [0.29, 0.717) is 18.1 Å². The number of aromatic nitrogens is 3. The van der Waals surface area contributed by atoms with E-state index < -0.39 is 0 Å². The van der Waals surface area contributed by atoms with Gasteiger partial charge in [-0.2, -0.15) is 0 Å². The molecule has 0 spiro atoms. The second-order valence-electron chi connectivity index (χ2n) is 3.48. The third kappa shape index (κ3) is 2.52. The number of imidazole rings is 1. The molecular formula is C11H14N4O2. The van der Waals surface area contributed by atoms with Gasteiger partial charge in [-0.1, -0.05) is 0 Å². The average Bonchev–Trinajstić information content (AvgIpc) is 2.69. The average molecular weight is 234 g/mol. The number of H-pyrrole nitrogens is 1. The van der Waals surface area contributed by atoms with Crippen LogP contribution in [0.4, 0.5) is 5.82 Å². The van der Waals surface area contributed by atoms with Crippen molar-refractivity contribution in [1.29, 1.82) is 0 Å². The minimum atomic E-state index is -0.291. The number of aromatic amines is 1. The van der Waals surface area contributed by atoms with E-state index in [-0.39, 0.29) is 12.4 Å². The quantitative estimate of drug-likeness (QED) is 0.774. The number of pyridine rings is 1. The van der Waals surface area contributed by atoms with Crippen LogP contribution in [0.3, 0.4) is 0 Å². The van der Waals surface area contributed by atoms with Gasteiger partial charge in [0.1, 0.15) is 18.1 Å². The molecule has 0 atom stereocenters. The summed E-state index contributed by atoms with van der Waals surface area (Å²) in [5.74, 6) is 1.02. The molecule has 0 aliphatic carbocycles. The Kier molecular flexibility index (Phi) is 3.22. The van der Waals surface area contributed by atoms with E-state index in [9.17, 15) is 4.79 Å². The maximum atomic E-state index is 11.3. The zero-order valence-electron chi connectivity index (χ0n) is 9.78. The first-order valence-electron chi connectivity index (χ1n) is 5.42. The molecule has 0 saturated heterocycles. The predicted molar refractivity (Wildman–Crippen MR) is 63.8 cm³/mol. The molecule has 17 heavy (non-hydrogen) atoms. The maximum Gasteiger partial charge on any atom is 0.313 e. The van der Waals surface area contributed by atoms with Crippen molar-refractivity contribution in [1.82, 2.24) is 15.0 Å². The Balaban J connectivity index is 2.22. The number of anilines is 1. The minimum Gasteiger partial charge on any atom is -0.466 e. The third-order valence-corrected chi connectivity index (χ3v) is 2.27. The summed E-state index contributed by atoms with van der Waals surface area (Å²) in [6.07, 6.45) is 0.138. The fourth-order valence-electron chi connectivity index (χ4n) is 1.51. The third-order valence-electron chi connectivity index (χ3n) is 2.27. The van der Waals surface area contributed by atoms with Gasteiger partial charge in [0.25, 0.3) is 0 Å². The van der Waals surface area contributed by atoms with E-state index in [0.717, 1.165) is 11.3 Å². The molecule has 0 radical (unpaired) electrons. The highest BCUT2D eigenvalue weighted by Gasteiger charge is 2.09. The molecule has 6 heteroatoms. The van der Waals surface area contributed by atoms with E-state index in [1.807, 2.05) is 12.1 Å². The highest BCUT2D eigenvalue weighted by Crippen LogP contribution is 2.12. The largest absolute Gasteiger partial charge is 0.466 e. The van der Waals surface area contributed by atoms with Crippen molar-refractivity contribution < 1.29 is 9.53 Å². The number of nitrogens with one attached hydrogen (secondary N) is 2. The van der Waals surface area contributed by atoms with Crippen LogP contribution >= 0.6 is 0 Å². The lowest BCUT2D eigenvalue weighted by Gasteiger charge is -1.97. The number of ether oxygens (including phenoxy) is 1. The smallest absolute Gasteiger partial charge is 0.313 e. The first-order chi connectivity index (χ1) is 8.22. The highest BCUT2D eigenvalue weighted by molar-refractivity contribution is 5.76. The zero-order chi connectivity index (χ0) is 12.3. The Morgan fingerprint density at radius 3 is 3.00 bits per heavy atom. The number of hydrogen-bond acceptors (Lipinski definition) is 5. The predicted octanol–water partition coefficient (Wildman–Crippen LogP) is 1.11. The van der Waals surface area contributed by atoms with E-state index in [1.165, 1.54) is 0 Å². The van der Waals surface area contributed by atoms with Crippen LogP contribution in [0.2, 0.25) is 0 Å². The van der Waals surface area contributed by atoms with E-state index in [2.05, 4.69) is 20.3 Å². The zero-order valence-corrected chi connectivity index (χ0v) is 9.78. The Morgan fingerprint density at radius 1 is 1.47 bits per heavy atom. The van der Waals surface area contributed by atoms with Gasteiger partial charge in [-0.05, 0) is 19.1 Å². The van der Waals surface area contributed by atoms with Crippen LogP contribution < -0.4 is 5.32 Å². The SMILES string of the molecule is CCOC(=O)Cc1nc2nc(NC)ccc2[nH]1. The summed E-state index contributed by atoms with van der Waals surface area (Å²) < 4.78 is 4.86. The lowest BCUT2D eigenvalue weighted by Crippen LogP contribution is -2.08. The molecule has 0 bridgehead atoms. The van der Waals surface area contributed by atoms with Crippen LogP contribution in [0.1, 0.15) is 12.7 Å². The molecule has 2 rings (SSSR count). The molecule has 0 fully saturated rings. The van der Waals surface area contributed by atoms with Gasteiger partial charge < -0.3 is 15.0 Å². The van der Waals surface area contributed by atoms with Gasteiger partial charge in [-0.15, -0.1) is 0 Å². The lowest BCUT2D eigenvalue weighted by molar-refractivity contribution is -0.142. The van der Waals surface area contributed by atoms with Crippen molar-refractivity contribution >= 4 is 23.0 Å². The van der Waals surface area contributed by atoms with Crippen LogP contribution in [-0.2, 0) is 16.0 Å². The minimum absolute atomic E-state index is 0.138. The normalized spacial score (nSPS) is 10.5. The summed E-state index contributed by atoms with van der Waals surface area (Å²) in [7, 11) is 1.79. The highest BCUT2D eigenvalue weighted by atomic mass is 16.5. The van der Waals surface area contributed by atoms with Crippen molar-refractivity contribution in [2.24, 2.45) is 0 Å². The molecule has 2 aromatic rings. The van der Waals surface area contributed by atoms with Gasteiger partial charge in [0, 0.05) is 7.05 Å². The molecule has 0 saturated carbocycles. The Hall–Kier alpha value is -2.11. The van der Waals surface area contributed by atoms with Crippen molar-refractivity contribution in [3.8, 4) is 0 Å². The molecule has 2 N–H and O–H groups in total. The molecular weight excluding hydrogens is 220 g/mol. The van der Waals surface area contributed by atoms with Crippen LogP contribution in [-0.4, -0.2) is 34.6 Å². The second kappa shape index (κ2) is 4.82. The molecule has 2 heterocycles. The fourth-order valence-corrected chi connectivity index (χ4v) is 1.51. The molecule has 0 aliphatic heterocycles. The number of carbonyl (C=O) groups excluding carboxylic acids is 1. The summed E-state index contributed by atoms with van der Waals surface area (Å²) in [4.78, 5) is 22.8. The van der Waals surface area contributed by atoms with Gasteiger partial charge in [0.2, 0.25) is 0 Å². The lowest BCUT2D eigenvalue weighted by atomic mass is 10.4. The molecule has 0 amide bonds. The molecule has 90 valence electrons. The van der Waals surface area contributed by atoms with Crippen LogP contribution in [0, 0.1) is 0 Å². The van der Waals surface area contributed by atoms with Crippen LogP contribution in [0.5, 0.6) is 0 Å². The number of fused-ring (bicyclic) bond motifs is 1.